The van der Waals surface area contributed by atoms with Gasteiger partial charge in [0.25, 0.3) is 0 Å². The van der Waals surface area contributed by atoms with E-state index in [9.17, 15) is 0 Å². The van der Waals surface area contributed by atoms with Gasteiger partial charge in [-0.1, -0.05) is 34.1 Å². The molecule has 0 saturated heterocycles. The van der Waals surface area contributed by atoms with Crippen LogP contribution in [0.15, 0.2) is 79.7 Å². The van der Waals surface area contributed by atoms with Crippen molar-refractivity contribution in [2.75, 3.05) is 6.54 Å². The summed E-state index contributed by atoms with van der Waals surface area (Å²) in [5, 5.41) is 6.58. The first-order valence-corrected chi connectivity index (χ1v) is 8.61. The van der Waals surface area contributed by atoms with E-state index in [1.54, 1.807) is 29.9 Å². The second kappa shape index (κ2) is 7.39. The van der Waals surface area contributed by atoms with E-state index in [1.807, 2.05) is 46.5 Å². The first-order valence-electron chi connectivity index (χ1n) is 6.93. The van der Waals surface area contributed by atoms with Gasteiger partial charge >= 0.3 is 0 Å². The number of hydrogen-bond donors (Lipinski definition) is 0. The van der Waals surface area contributed by atoms with Crippen molar-refractivity contribution >= 4 is 33.5 Å². The van der Waals surface area contributed by atoms with Crippen LogP contribution in [0.5, 0.6) is 0 Å². The molecule has 0 aliphatic rings. The summed E-state index contributed by atoms with van der Waals surface area (Å²) in [5.74, 6) is 0.695. The lowest BCUT2D eigenvalue weighted by molar-refractivity contribution is 0.559. The summed E-state index contributed by atoms with van der Waals surface area (Å²) in [6.07, 6.45) is 5.07. The van der Waals surface area contributed by atoms with Crippen LogP contribution in [0.1, 0.15) is 5.76 Å². The Bertz CT molecular complexity index is 873. The predicted octanol–water partition coefficient (Wildman–Crippen LogP) is 4.54. The normalized spacial score (nSPS) is 12.1. The van der Waals surface area contributed by atoms with E-state index in [2.05, 4.69) is 32.6 Å². The molecule has 0 aliphatic carbocycles. The summed E-state index contributed by atoms with van der Waals surface area (Å²) >= 11 is 5.00. The molecule has 2 aromatic heterocycles. The molecular weight excluding hydrogens is 374 g/mol. The Balaban J connectivity index is 2.07. The lowest BCUT2D eigenvalue weighted by atomic mass is 10.2. The van der Waals surface area contributed by atoms with Gasteiger partial charge in [0, 0.05) is 15.4 Å². The molecule has 2 heterocycles. The summed E-state index contributed by atoms with van der Waals surface area (Å²) in [7, 11) is 0. The lowest BCUT2D eigenvalue weighted by Gasteiger charge is -2.03. The van der Waals surface area contributed by atoms with Crippen LogP contribution in [0.3, 0.4) is 0 Å². The molecule has 0 amide bonds. The minimum absolute atomic E-state index is 0.552. The van der Waals surface area contributed by atoms with Gasteiger partial charge in [0.15, 0.2) is 0 Å². The van der Waals surface area contributed by atoms with Gasteiger partial charge in [-0.25, -0.2) is 4.68 Å². The Hall–Kier alpha value is -2.18. The molecule has 0 spiro atoms. The molecule has 0 saturated carbocycles. The fourth-order valence-corrected chi connectivity index (χ4v) is 3.07. The zero-order valence-corrected chi connectivity index (χ0v) is 14.6. The summed E-state index contributed by atoms with van der Waals surface area (Å²) in [4.78, 5) is 5.31. The predicted molar refractivity (Wildman–Crippen MR) is 97.8 cm³/mol. The molecule has 0 atom stereocenters. The van der Waals surface area contributed by atoms with Gasteiger partial charge in [0.1, 0.15) is 5.76 Å². The van der Waals surface area contributed by atoms with Crippen LogP contribution in [0.25, 0.3) is 11.3 Å². The van der Waals surface area contributed by atoms with Crippen LogP contribution in [0, 0.1) is 0 Å². The van der Waals surface area contributed by atoms with Crippen molar-refractivity contribution in [3.63, 3.8) is 0 Å². The Morgan fingerprint density at radius 2 is 2.09 bits per heavy atom. The molecular formula is C17H14BrN3OS. The van der Waals surface area contributed by atoms with Crippen molar-refractivity contribution in [3.8, 4) is 11.3 Å². The number of rotatable bonds is 5. The average molecular weight is 388 g/mol. The number of thiazole rings is 1. The van der Waals surface area contributed by atoms with E-state index in [1.165, 1.54) is 0 Å². The monoisotopic (exact) mass is 387 g/mol. The summed E-state index contributed by atoms with van der Waals surface area (Å²) in [6, 6.07) is 11.8. The second-order valence-corrected chi connectivity index (χ2v) is 6.36. The number of aromatic nitrogens is 1. The maximum Gasteiger partial charge on any atom is 0.206 e. The Labute approximate surface area is 146 Å². The van der Waals surface area contributed by atoms with Crippen LogP contribution in [-0.2, 0) is 0 Å². The van der Waals surface area contributed by atoms with Crippen molar-refractivity contribution in [1.29, 1.82) is 0 Å². The molecule has 0 unspecified atom stereocenters. The summed E-state index contributed by atoms with van der Waals surface area (Å²) < 4.78 is 8.16. The standard InChI is InChI=1S/C17H14BrN3OS/c1-2-9-19-17-21(20-11-15-4-3-10-22-15)16(12-23-17)13-5-7-14(18)8-6-13/h2-8,10-12H,1,9H2. The average Bonchev–Trinajstić information content (AvgIpc) is 3.21. The highest BCUT2D eigenvalue weighted by Crippen LogP contribution is 2.22. The topological polar surface area (TPSA) is 42.8 Å². The Morgan fingerprint density at radius 3 is 2.78 bits per heavy atom. The third-order valence-corrected chi connectivity index (χ3v) is 4.41. The Kier molecular flexibility index (Phi) is 5.05. The van der Waals surface area contributed by atoms with Gasteiger partial charge in [-0.3, -0.25) is 4.99 Å². The minimum Gasteiger partial charge on any atom is -0.463 e. The number of benzene rings is 1. The number of hydrogen-bond acceptors (Lipinski definition) is 4. The highest BCUT2D eigenvalue weighted by molar-refractivity contribution is 9.10. The van der Waals surface area contributed by atoms with Crippen molar-refractivity contribution < 1.29 is 4.42 Å². The molecule has 3 rings (SSSR count). The largest absolute Gasteiger partial charge is 0.463 e. The minimum atomic E-state index is 0.552. The molecule has 0 bridgehead atoms. The molecule has 6 heteroatoms. The highest BCUT2D eigenvalue weighted by Gasteiger charge is 2.07. The molecule has 3 aromatic rings. The van der Waals surface area contributed by atoms with Crippen molar-refractivity contribution in [1.82, 2.24) is 4.68 Å². The number of nitrogens with zero attached hydrogens (tertiary/aromatic N) is 3. The van der Waals surface area contributed by atoms with Gasteiger partial charge in [-0.2, -0.15) is 5.10 Å². The maximum atomic E-state index is 5.30. The third kappa shape index (κ3) is 3.78. The van der Waals surface area contributed by atoms with Crippen LogP contribution >= 0.6 is 27.3 Å². The van der Waals surface area contributed by atoms with E-state index in [4.69, 9.17) is 4.42 Å². The molecule has 23 heavy (non-hydrogen) atoms. The van der Waals surface area contributed by atoms with Crippen LogP contribution < -0.4 is 4.80 Å². The van der Waals surface area contributed by atoms with Crippen LogP contribution in [-0.4, -0.2) is 17.4 Å². The van der Waals surface area contributed by atoms with Gasteiger partial charge in [0.2, 0.25) is 4.80 Å². The van der Waals surface area contributed by atoms with Crippen molar-refractivity contribution in [3.05, 3.63) is 75.7 Å². The van der Waals surface area contributed by atoms with Gasteiger partial charge in [0.05, 0.1) is 24.7 Å². The lowest BCUT2D eigenvalue weighted by Crippen LogP contribution is -2.12. The summed E-state index contributed by atoms with van der Waals surface area (Å²) in [6.45, 7) is 4.26. The van der Waals surface area contributed by atoms with Gasteiger partial charge in [-0.05, 0) is 24.3 Å². The molecule has 0 N–H and O–H groups in total. The fraction of sp³-hybridized carbons (Fsp3) is 0.0588. The SMILES string of the molecule is C=CCN=c1scc(-c2ccc(Br)cc2)n1N=Cc1ccco1. The van der Waals surface area contributed by atoms with Crippen LogP contribution in [0.2, 0.25) is 0 Å². The Morgan fingerprint density at radius 1 is 1.26 bits per heavy atom. The molecule has 116 valence electrons. The maximum absolute atomic E-state index is 5.30. The molecule has 4 nitrogen and oxygen atoms in total. The summed E-state index contributed by atoms with van der Waals surface area (Å²) in [5.41, 5.74) is 2.05. The zero-order chi connectivity index (χ0) is 16.1. The highest BCUT2D eigenvalue weighted by atomic mass is 79.9. The first kappa shape index (κ1) is 15.7. The molecule has 0 radical (unpaired) electrons. The second-order valence-electron chi connectivity index (χ2n) is 4.61. The molecule has 0 fully saturated rings. The van der Waals surface area contributed by atoms with Crippen LogP contribution in [0.4, 0.5) is 0 Å². The van der Waals surface area contributed by atoms with Crippen molar-refractivity contribution in [2.45, 2.75) is 0 Å². The fourth-order valence-electron chi connectivity index (χ4n) is 1.96. The van der Waals surface area contributed by atoms with Gasteiger partial charge < -0.3 is 4.42 Å². The molecule has 1 aromatic carbocycles. The quantitative estimate of drug-likeness (QED) is 0.467. The zero-order valence-electron chi connectivity index (χ0n) is 12.2. The van der Waals surface area contributed by atoms with E-state index in [0.717, 1.165) is 20.5 Å². The van der Waals surface area contributed by atoms with Crippen molar-refractivity contribution in [2.24, 2.45) is 10.1 Å². The third-order valence-electron chi connectivity index (χ3n) is 3.02. The van der Waals surface area contributed by atoms with E-state index < -0.39 is 0 Å². The first-order chi connectivity index (χ1) is 11.3. The smallest absolute Gasteiger partial charge is 0.206 e. The molecule has 0 aliphatic heterocycles. The number of halogens is 1. The van der Waals surface area contributed by atoms with E-state index >= 15 is 0 Å². The van der Waals surface area contributed by atoms with E-state index in [0.29, 0.717) is 12.3 Å². The van der Waals surface area contributed by atoms with E-state index in [-0.39, 0.29) is 0 Å². The van der Waals surface area contributed by atoms with Gasteiger partial charge in [-0.15, -0.1) is 17.9 Å². The number of furan rings is 1.